The second-order valence-corrected chi connectivity index (χ2v) is 9.99. The Hall–Kier alpha value is -1.62. The second kappa shape index (κ2) is 4.97. The minimum atomic E-state index is 0.388. The van der Waals surface area contributed by atoms with Crippen molar-refractivity contribution < 1.29 is 0 Å². The summed E-state index contributed by atoms with van der Waals surface area (Å²) in [5.41, 5.74) is 4.01. The number of hydrogen-bond acceptors (Lipinski definition) is 3. The maximum absolute atomic E-state index is 4.72. The standard InChI is InChI=1S/C20H23BrN4/c1-19(2)7-13-8-20(3,9-19)10-25(13)18-17-16(22-11-23-18)14-6-12(21)4-5-15(14)24-17/h4-6,11,13,24H,7-10H2,1-3H3. The molecule has 5 heteroatoms. The highest BCUT2D eigenvalue weighted by Gasteiger charge is 2.50. The highest BCUT2D eigenvalue weighted by Crippen LogP contribution is 2.53. The van der Waals surface area contributed by atoms with Crippen LogP contribution in [0.4, 0.5) is 5.82 Å². The zero-order valence-corrected chi connectivity index (χ0v) is 16.5. The van der Waals surface area contributed by atoms with Crippen LogP contribution < -0.4 is 4.90 Å². The first-order valence-electron chi connectivity index (χ1n) is 9.02. The predicted molar refractivity (Wildman–Crippen MR) is 106 cm³/mol. The Balaban J connectivity index is 1.68. The van der Waals surface area contributed by atoms with Crippen LogP contribution in [0.1, 0.15) is 40.0 Å². The van der Waals surface area contributed by atoms with Gasteiger partial charge in [-0.2, -0.15) is 0 Å². The van der Waals surface area contributed by atoms with Crippen LogP contribution >= 0.6 is 15.9 Å². The number of nitrogens with one attached hydrogen (secondary N) is 1. The van der Waals surface area contributed by atoms with Gasteiger partial charge in [-0.05, 0) is 48.3 Å². The Morgan fingerprint density at radius 1 is 1.20 bits per heavy atom. The number of benzene rings is 1. The molecule has 1 aliphatic carbocycles. The molecule has 3 aromatic rings. The summed E-state index contributed by atoms with van der Waals surface area (Å²) in [5, 5.41) is 1.15. The van der Waals surface area contributed by atoms with E-state index in [2.05, 4.69) is 69.8 Å². The number of H-pyrrole nitrogens is 1. The molecule has 1 saturated heterocycles. The lowest BCUT2D eigenvalue weighted by molar-refractivity contribution is 0.136. The van der Waals surface area contributed by atoms with Crippen molar-refractivity contribution in [2.24, 2.45) is 10.8 Å². The van der Waals surface area contributed by atoms with Gasteiger partial charge in [-0.15, -0.1) is 0 Å². The zero-order valence-electron chi connectivity index (χ0n) is 14.9. The summed E-state index contributed by atoms with van der Waals surface area (Å²) in [4.78, 5) is 15.4. The molecule has 2 fully saturated rings. The summed E-state index contributed by atoms with van der Waals surface area (Å²) in [5.74, 6) is 1.07. The Labute approximate surface area is 156 Å². The summed E-state index contributed by atoms with van der Waals surface area (Å²) < 4.78 is 1.08. The smallest absolute Gasteiger partial charge is 0.156 e. The van der Waals surface area contributed by atoms with Gasteiger partial charge in [0.05, 0.1) is 0 Å². The molecule has 25 heavy (non-hydrogen) atoms. The van der Waals surface area contributed by atoms with Gasteiger partial charge in [0.25, 0.3) is 0 Å². The van der Waals surface area contributed by atoms with E-state index >= 15 is 0 Å². The second-order valence-electron chi connectivity index (χ2n) is 9.08. The molecule has 0 radical (unpaired) electrons. The van der Waals surface area contributed by atoms with Crippen LogP contribution in [0.25, 0.3) is 21.9 Å². The molecule has 2 bridgehead atoms. The van der Waals surface area contributed by atoms with Gasteiger partial charge in [0.15, 0.2) is 5.82 Å². The molecule has 0 amide bonds. The molecule has 1 N–H and O–H groups in total. The minimum Gasteiger partial charge on any atom is -0.351 e. The molecule has 3 heterocycles. The Morgan fingerprint density at radius 3 is 2.88 bits per heavy atom. The summed E-state index contributed by atoms with van der Waals surface area (Å²) in [6, 6.07) is 6.89. The molecule has 0 spiro atoms. The van der Waals surface area contributed by atoms with E-state index in [9.17, 15) is 0 Å². The van der Waals surface area contributed by atoms with Crippen molar-refractivity contribution in [3.05, 3.63) is 29.0 Å². The fraction of sp³-hybridized carbons (Fsp3) is 0.500. The summed E-state index contributed by atoms with van der Waals surface area (Å²) in [7, 11) is 0. The Bertz CT molecular complexity index is 992. The van der Waals surface area contributed by atoms with E-state index in [1.54, 1.807) is 6.33 Å². The molecule has 1 saturated carbocycles. The van der Waals surface area contributed by atoms with Gasteiger partial charge in [0.2, 0.25) is 0 Å². The molecule has 2 aliphatic rings. The molecular formula is C20H23BrN4. The van der Waals surface area contributed by atoms with Crippen LogP contribution in [0.3, 0.4) is 0 Å². The van der Waals surface area contributed by atoms with Crippen LogP contribution in [0.15, 0.2) is 29.0 Å². The van der Waals surface area contributed by atoms with E-state index in [4.69, 9.17) is 4.98 Å². The number of aromatic nitrogens is 3. The molecule has 2 atom stereocenters. The number of halogens is 1. The third-order valence-corrected chi connectivity index (χ3v) is 6.50. The minimum absolute atomic E-state index is 0.388. The normalized spacial score (nSPS) is 28.2. The van der Waals surface area contributed by atoms with Crippen LogP contribution in [0, 0.1) is 10.8 Å². The first kappa shape index (κ1) is 15.6. The molecule has 5 rings (SSSR count). The lowest BCUT2D eigenvalue weighted by Gasteiger charge is -2.39. The lowest BCUT2D eigenvalue weighted by atomic mass is 9.65. The molecule has 2 unspecified atom stereocenters. The van der Waals surface area contributed by atoms with E-state index in [0.717, 1.165) is 38.8 Å². The average Bonchev–Trinajstić information content (AvgIpc) is 3.00. The van der Waals surface area contributed by atoms with Crippen molar-refractivity contribution in [3.63, 3.8) is 0 Å². The number of fused-ring (bicyclic) bond motifs is 5. The molecule has 1 aromatic carbocycles. The molecule has 4 nitrogen and oxygen atoms in total. The van der Waals surface area contributed by atoms with E-state index < -0.39 is 0 Å². The van der Waals surface area contributed by atoms with Gasteiger partial charge in [-0.25, -0.2) is 9.97 Å². The van der Waals surface area contributed by atoms with Crippen LogP contribution in [0.5, 0.6) is 0 Å². The number of hydrogen-bond donors (Lipinski definition) is 1. The van der Waals surface area contributed by atoms with Crippen molar-refractivity contribution >= 4 is 43.7 Å². The number of rotatable bonds is 1. The number of anilines is 1. The van der Waals surface area contributed by atoms with E-state index in [-0.39, 0.29) is 0 Å². The lowest BCUT2D eigenvalue weighted by Crippen LogP contribution is -2.35. The van der Waals surface area contributed by atoms with Crippen LogP contribution in [0.2, 0.25) is 0 Å². The SMILES string of the molecule is CC1(C)CC2CC(C)(CN2c2ncnc3c2[nH]c2ccc(Br)cc23)C1. The Morgan fingerprint density at radius 2 is 2.04 bits per heavy atom. The van der Waals surface area contributed by atoms with E-state index in [1.165, 1.54) is 19.3 Å². The van der Waals surface area contributed by atoms with Crippen molar-refractivity contribution in [3.8, 4) is 0 Å². The fourth-order valence-electron chi connectivity index (χ4n) is 5.58. The van der Waals surface area contributed by atoms with Crippen molar-refractivity contribution in [2.45, 2.75) is 46.1 Å². The highest BCUT2D eigenvalue weighted by molar-refractivity contribution is 9.10. The van der Waals surface area contributed by atoms with Crippen LogP contribution in [-0.2, 0) is 0 Å². The largest absolute Gasteiger partial charge is 0.351 e. The van der Waals surface area contributed by atoms with Crippen molar-refractivity contribution in [1.29, 1.82) is 0 Å². The molecule has 2 aromatic heterocycles. The average molecular weight is 399 g/mol. The fourth-order valence-corrected chi connectivity index (χ4v) is 5.94. The maximum atomic E-state index is 4.72. The third kappa shape index (κ3) is 2.39. The number of aromatic amines is 1. The van der Waals surface area contributed by atoms with E-state index in [1.807, 2.05) is 0 Å². The van der Waals surface area contributed by atoms with Crippen molar-refractivity contribution in [1.82, 2.24) is 15.0 Å². The predicted octanol–water partition coefficient (Wildman–Crippen LogP) is 5.28. The quantitative estimate of drug-likeness (QED) is 0.606. The first-order valence-corrected chi connectivity index (χ1v) is 9.82. The third-order valence-electron chi connectivity index (χ3n) is 6.01. The summed E-state index contributed by atoms with van der Waals surface area (Å²) >= 11 is 3.58. The molecular weight excluding hydrogens is 376 g/mol. The number of nitrogens with zero attached hydrogens (tertiary/aromatic N) is 3. The Kier molecular flexibility index (Phi) is 3.10. The van der Waals surface area contributed by atoms with Gasteiger partial charge >= 0.3 is 0 Å². The summed E-state index contributed by atoms with van der Waals surface area (Å²) in [6.07, 6.45) is 5.52. The van der Waals surface area contributed by atoms with Gasteiger partial charge in [-0.3, -0.25) is 0 Å². The summed E-state index contributed by atoms with van der Waals surface area (Å²) in [6.45, 7) is 8.36. The van der Waals surface area contributed by atoms with Gasteiger partial charge in [0.1, 0.15) is 17.4 Å². The van der Waals surface area contributed by atoms with Gasteiger partial charge in [-0.1, -0.05) is 36.7 Å². The first-order chi connectivity index (χ1) is 11.8. The van der Waals surface area contributed by atoms with E-state index in [0.29, 0.717) is 16.9 Å². The van der Waals surface area contributed by atoms with Gasteiger partial charge < -0.3 is 9.88 Å². The maximum Gasteiger partial charge on any atom is 0.156 e. The topological polar surface area (TPSA) is 44.8 Å². The monoisotopic (exact) mass is 398 g/mol. The zero-order chi connectivity index (χ0) is 17.4. The van der Waals surface area contributed by atoms with Crippen LogP contribution in [-0.4, -0.2) is 27.5 Å². The van der Waals surface area contributed by atoms with Crippen molar-refractivity contribution in [2.75, 3.05) is 11.4 Å². The molecule has 130 valence electrons. The highest BCUT2D eigenvalue weighted by atomic mass is 79.9. The van der Waals surface area contributed by atoms with Gasteiger partial charge in [0, 0.05) is 28.0 Å². The molecule has 1 aliphatic heterocycles.